The lowest BCUT2D eigenvalue weighted by Crippen LogP contribution is -2.30. The fraction of sp³-hybridized carbons (Fsp3) is 0.267. The number of hydrogen-bond donors (Lipinski definition) is 1. The number of carbonyl (C=O) groups excluding carboxylic acids is 1. The molecule has 4 heterocycles. The van der Waals surface area contributed by atoms with Crippen LogP contribution in [0.15, 0.2) is 45.9 Å². The van der Waals surface area contributed by atoms with Crippen LogP contribution in [0.1, 0.15) is 23.0 Å². The summed E-state index contributed by atoms with van der Waals surface area (Å²) in [7, 11) is 0. The van der Waals surface area contributed by atoms with Gasteiger partial charge in [0.05, 0.1) is 17.8 Å². The summed E-state index contributed by atoms with van der Waals surface area (Å²) in [5, 5.41) is 0. The van der Waals surface area contributed by atoms with Crippen molar-refractivity contribution in [1.82, 2.24) is 19.4 Å². The van der Waals surface area contributed by atoms with E-state index < -0.39 is 0 Å². The van der Waals surface area contributed by atoms with Gasteiger partial charge in [0.2, 0.25) is 0 Å². The highest BCUT2D eigenvalue weighted by Gasteiger charge is 2.31. The van der Waals surface area contributed by atoms with Crippen molar-refractivity contribution in [3.63, 3.8) is 0 Å². The summed E-state index contributed by atoms with van der Waals surface area (Å²) in [6, 6.07) is 6.87. The van der Waals surface area contributed by atoms with Gasteiger partial charge in [0.15, 0.2) is 11.4 Å². The molecule has 22 heavy (non-hydrogen) atoms. The van der Waals surface area contributed by atoms with E-state index in [2.05, 4.69) is 9.97 Å². The van der Waals surface area contributed by atoms with E-state index in [-0.39, 0.29) is 17.6 Å². The molecule has 1 amide bonds. The van der Waals surface area contributed by atoms with Crippen molar-refractivity contribution in [3.8, 4) is 0 Å². The lowest BCUT2D eigenvalue weighted by molar-refractivity contribution is 0.0756. The van der Waals surface area contributed by atoms with E-state index in [4.69, 9.17) is 4.42 Å². The lowest BCUT2D eigenvalue weighted by atomic mass is 10.2. The van der Waals surface area contributed by atoms with Crippen LogP contribution in [0.4, 0.5) is 0 Å². The fourth-order valence-corrected chi connectivity index (χ4v) is 2.99. The predicted octanol–water partition coefficient (Wildman–Crippen LogP) is 1.40. The summed E-state index contributed by atoms with van der Waals surface area (Å²) in [5.41, 5.74) is 1.15. The molecule has 1 fully saturated rings. The third-order valence-corrected chi connectivity index (χ3v) is 4.02. The van der Waals surface area contributed by atoms with Gasteiger partial charge in [-0.2, -0.15) is 0 Å². The van der Waals surface area contributed by atoms with E-state index in [1.54, 1.807) is 33.9 Å². The molecule has 4 rings (SSSR count). The molecule has 0 bridgehead atoms. The molecule has 1 saturated heterocycles. The SMILES string of the molecule is O=C(c1ccco1)N1CC[C@@H](n2c(=O)[nH]c3cccnc32)C1. The van der Waals surface area contributed by atoms with Crippen LogP contribution < -0.4 is 5.69 Å². The molecule has 1 aliphatic heterocycles. The number of aromatic nitrogens is 3. The smallest absolute Gasteiger partial charge is 0.327 e. The lowest BCUT2D eigenvalue weighted by Gasteiger charge is -2.15. The Bertz CT molecular complexity index is 878. The van der Waals surface area contributed by atoms with Gasteiger partial charge in [0.1, 0.15) is 0 Å². The molecule has 1 N–H and O–H groups in total. The van der Waals surface area contributed by atoms with E-state index >= 15 is 0 Å². The molecule has 0 spiro atoms. The van der Waals surface area contributed by atoms with Crippen molar-refractivity contribution in [3.05, 3.63) is 53.0 Å². The second-order valence-corrected chi connectivity index (χ2v) is 5.35. The number of nitrogens with one attached hydrogen (secondary N) is 1. The number of carbonyl (C=O) groups is 1. The van der Waals surface area contributed by atoms with Crippen LogP contribution >= 0.6 is 0 Å². The number of fused-ring (bicyclic) bond motifs is 1. The van der Waals surface area contributed by atoms with Crippen molar-refractivity contribution in [2.45, 2.75) is 12.5 Å². The van der Waals surface area contributed by atoms with E-state index in [0.29, 0.717) is 30.0 Å². The molecule has 7 heteroatoms. The molecule has 7 nitrogen and oxygen atoms in total. The Labute approximate surface area is 125 Å². The van der Waals surface area contributed by atoms with Gasteiger partial charge < -0.3 is 14.3 Å². The molecule has 0 saturated carbocycles. The number of hydrogen-bond acceptors (Lipinski definition) is 4. The van der Waals surface area contributed by atoms with E-state index in [9.17, 15) is 9.59 Å². The summed E-state index contributed by atoms with van der Waals surface area (Å²) in [6.45, 7) is 1.07. The van der Waals surface area contributed by atoms with Crippen molar-refractivity contribution in [2.24, 2.45) is 0 Å². The van der Waals surface area contributed by atoms with Crippen molar-refractivity contribution >= 4 is 17.1 Å². The number of pyridine rings is 1. The molecule has 1 aliphatic rings. The van der Waals surface area contributed by atoms with Crippen LogP contribution in [0.5, 0.6) is 0 Å². The fourth-order valence-electron chi connectivity index (χ4n) is 2.99. The van der Waals surface area contributed by atoms with Gasteiger partial charge in [-0.25, -0.2) is 9.78 Å². The number of rotatable bonds is 2. The Morgan fingerprint density at radius 2 is 2.27 bits per heavy atom. The van der Waals surface area contributed by atoms with Gasteiger partial charge in [0.25, 0.3) is 5.91 Å². The Balaban J connectivity index is 1.64. The first kappa shape index (κ1) is 12.9. The average molecular weight is 298 g/mol. The molecule has 0 aromatic carbocycles. The van der Waals surface area contributed by atoms with Gasteiger partial charge in [-0.1, -0.05) is 0 Å². The van der Waals surface area contributed by atoms with Crippen LogP contribution in [0.2, 0.25) is 0 Å². The highest BCUT2D eigenvalue weighted by molar-refractivity contribution is 5.91. The van der Waals surface area contributed by atoms with Crippen LogP contribution in [0, 0.1) is 0 Å². The third-order valence-electron chi connectivity index (χ3n) is 4.02. The number of H-pyrrole nitrogens is 1. The Morgan fingerprint density at radius 1 is 1.36 bits per heavy atom. The molecule has 3 aromatic rings. The second kappa shape index (κ2) is 4.87. The Hall–Kier alpha value is -2.83. The highest BCUT2D eigenvalue weighted by Crippen LogP contribution is 2.24. The van der Waals surface area contributed by atoms with E-state index in [1.165, 1.54) is 6.26 Å². The van der Waals surface area contributed by atoms with Gasteiger partial charge >= 0.3 is 5.69 Å². The Morgan fingerprint density at radius 3 is 3.09 bits per heavy atom. The summed E-state index contributed by atoms with van der Waals surface area (Å²) in [4.78, 5) is 33.3. The first-order valence-electron chi connectivity index (χ1n) is 7.12. The van der Waals surface area contributed by atoms with Crippen molar-refractivity contribution in [2.75, 3.05) is 13.1 Å². The second-order valence-electron chi connectivity index (χ2n) is 5.35. The minimum Gasteiger partial charge on any atom is -0.459 e. The molecule has 1 atom stereocenters. The van der Waals surface area contributed by atoms with Crippen molar-refractivity contribution in [1.29, 1.82) is 0 Å². The monoisotopic (exact) mass is 298 g/mol. The zero-order chi connectivity index (χ0) is 15.1. The van der Waals surface area contributed by atoms with Crippen LogP contribution in [0.3, 0.4) is 0 Å². The van der Waals surface area contributed by atoms with E-state index in [0.717, 1.165) is 6.42 Å². The first-order chi connectivity index (χ1) is 10.7. The molecular weight excluding hydrogens is 284 g/mol. The number of imidazole rings is 1. The minimum absolute atomic E-state index is 0.0740. The standard InChI is InChI=1S/C15H14N4O3/c20-14(12-4-2-8-22-12)18-7-5-10(9-18)19-13-11(17-15(19)21)3-1-6-16-13/h1-4,6,8,10H,5,7,9H2,(H,17,21)/t10-/m1/s1. The first-order valence-corrected chi connectivity index (χ1v) is 7.12. The maximum absolute atomic E-state index is 12.3. The highest BCUT2D eigenvalue weighted by atomic mass is 16.3. The van der Waals surface area contributed by atoms with Gasteiger partial charge in [-0.3, -0.25) is 9.36 Å². The maximum Gasteiger partial charge on any atom is 0.327 e. The third kappa shape index (κ3) is 1.93. The zero-order valence-electron chi connectivity index (χ0n) is 11.7. The zero-order valence-corrected chi connectivity index (χ0v) is 11.7. The molecule has 112 valence electrons. The van der Waals surface area contributed by atoms with Crippen LogP contribution in [-0.4, -0.2) is 38.4 Å². The number of nitrogens with zero attached hydrogens (tertiary/aromatic N) is 3. The van der Waals surface area contributed by atoms with Gasteiger partial charge in [0, 0.05) is 19.3 Å². The number of likely N-dealkylation sites (tertiary alicyclic amines) is 1. The Kier molecular flexibility index (Phi) is 2.85. The summed E-state index contributed by atoms with van der Waals surface area (Å²) in [6.07, 6.45) is 3.86. The minimum atomic E-state index is -0.189. The predicted molar refractivity (Wildman–Crippen MR) is 78.6 cm³/mol. The maximum atomic E-state index is 12.3. The largest absolute Gasteiger partial charge is 0.459 e. The summed E-state index contributed by atoms with van der Waals surface area (Å²) >= 11 is 0. The number of amides is 1. The molecule has 3 aromatic heterocycles. The van der Waals surface area contributed by atoms with Gasteiger partial charge in [-0.05, 0) is 30.7 Å². The van der Waals surface area contributed by atoms with Crippen LogP contribution in [0.25, 0.3) is 11.2 Å². The van der Waals surface area contributed by atoms with Crippen LogP contribution in [-0.2, 0) is 0 Å². The summed E-state index contributed by atoms with van der Waals surface area (Å²) < 4.78 is 6.79. The average Bonchev–Trinajstić information content (AvgIpc) is 3.25. The topological polar surface area (TPSA) is 84.1 Å². The molecule has 0 unspecified atom stereocenters. The van der Waals surface area contributed by atoms with E-state index in [1.807, 2.05) is 6.07 Å². The molecule has 0 aliphatic carbocycles. The molecule has 0 radical (unpaired) electrons. The normalized spacial score (nSPS) is 18.2. The number of furan rings is 1. The summed E-state index contributed by atoms with van der Waals surface area (Å²) in [5.74, 6) is 0.179. The van der Waals surface area contributed by atoms with Crippen molar-refractivity contribution < 1.29 is 9.21 Å². The molecular formula is C15H14N4O3. The number of aromatic amines is 1. The van der Waals surface area contributed by atoms with Gasteiger partial charge in [-0.15, -0.1) is 0 Å². The quantitative estimate of drug-likeness (QED) is 0.775.